The first-order valence-corrected chi connectivity index (χ1v) is 12.2. The maximum absolute atomic E-state index is 14.5. The van der Waals surface area contributed by atoms with Crippen LogP contribution in [0.3, 0.4) is 0 Å². The molecule has 0 amide bonds. The molecule has 2 aliphatic rings. The van der Waals surface area contributed by atoms with E-state index in [2.05, 4.69) is 25.3 Å². The largest absolute Gasteiger partial charge is 0.363 e. The molecule has 0 bridgehead atoms. The van der Waals surface area contributed by atoms with Crippen molar-refractivity contribution in [1.82, 2.24) is 24.2 Å². The minimum absolute atomic E-state index is 0.0550. The van der Waals surface area contributed by atoms with Crippen LogP contribution in [-0.2, 0) is 10.0 Å². The van der Waals surface area contributed by atoms with Gasteiger partial charge in [-0.2, -0.15) is 4.31 Å². The van der Waals surface area contributed by atoms with Crippen molar-refractivity contribution in [2.75, 3.05) is 18.4 Å². The van der Waals surface area contributed by atoms with Gasteiger partial charge < -0.3 is 10.3 Å². The molecule has 1 saturated carbocycles. The van der Waals surface area contributed by atoms with E-state index in [1.807, 2.05) is 0 Å². The lowest BCUT2D eigenvalue weighted by atomic mass is 10.2. The van der Waals surface area contributed by atoms with Crippen LogP contribution in [0.25, 0.3) is 22.4 Å². The van der Waals surface area contributed by atoms with E-state index in [1.165, 1.54) is 10.5 Å². The number of H-pyrrole nitrogens is 1. The van der Waals surface area contributed by atoms with Crippen molar-refractivity contribution < 1.29 is 12.8 Å². The molecule has 31 heavy (non-hydrogen) atoms. The molecule has 164 valence electrons. The van der Waals surface area contributed by atoms with Gasteiger partial charge in [0.05, 0.1) is 16.5 Å². The highest BCUT2D eigenvalue weighted by Gasteiger charge is 2.38. The lowest BCUT2D eigenvalue weighted by molar-refractivity contribution is 0.462. The summed E-state index contributed by atoms with van der Waals surface area (Å²) in [6.45, 7) is 0.743. The van der Waals surface area contributed by atoms with E-state index in [1.54, 1.807) is 12.3 Å². The number of pyridine rings is 1. The van der Waals surface area contributed by atoms with Crippen molar-refractivity contribution >= 4 is 38.5 Å². The van der Waals surface area contributed by atoms with Crippen molar-refractivity contribution in [3.8, 4) is 11.4 Å². The molecule has 5 rings (SSSR count). The fourth-order valence-corrected chi connectivity index (χ4v) is 6.68. The summed E-state index contributed by atoms with van der Waals surface area (Å²) in [6.07, 6.45) is 8.33. The Labute approximate surface area is 184 Å². The Morgan fingerprint density at radius 2 is 2.00 bits per heavy atom. The molecule has 1 aliphatic heterocycles. The minimum Gasteiger partial charge on any atom is -0.363 e. The van der Waals surface area contributed by atoms with E-state index in [0.717, 1.165) is 37.3 Å². The van der Waals surface area contributed by atoms with Gasteiger partial charge in [0, 0.05) is 42.5 Å². The molecule has 11 heteroatoms. The molecular formula is C20H22ClFN6O2S. The summed E-state index contributed by atoms with van der Waals surface area (Å²) in [6, 6.07) is 1.53. The molecular weight excluding hydrogens is 443 g/mol. The van der Waals surface area contributed by atoms with Gasteiger partial charge in [0.1, 0.15) is 5.65 Å². The summed E-state index contributed by atoms with van der Waals surface area (Å²) < 4.78 is 41.7. The summed E-state index contributed by atoms with van der Waals surface area (Å²) in [5, 5.41) is 4.01. The molecule has 3 aromatic heterocycles. The predicted octanol–water partition coefficient (Wildman–Crippen LogP) is 3.57. The van der Waals surface area contributed by atoms with E-state index >= 15 is 0 Å². The molecule has 2 N–H and O–H groups in total. The molecule has 0 aromatic carbocycles. The monoisotopic (exact) mass is 464 g/mol. The zero-order valence-corrected chi connectivity index (χ0v) is 18.3. The fraction of sp³-hybridized carbons (Fsp3) is 0.450. The number of hydrogen-bond acceptors (Lipinski definition) is 6. The summed E-state index contributed by atoms with van der Waals surface area (Å²) >= 11 is 6.06. The van der Waals surface area contributed by atoms with E-state index in [9.17, 15) is 12.8 Å². The molecule has 4 heterocycles. The van der Waals surface area contributed by atoms with Crippen molar-refractivity contribution in [2.45, 2.75) is 43.4 Å². The Balaban J connectivity index is 1.36. The van der Waals surface area contributed by atoms with Crippen LogP contribution in [0.5, 0.6) is 0 Å². The first-order chi connectivity index (χ1) is 14.9. The van der Waals surface area contributed by atoms with Gasteiger partial charge >= 0.3 is 0 Å². The number of aromatic nitrogens is 4. The highest BCUT2D eigenvalue weighted by molar-refractivity contribution is 7.89. The van der Waals surface area contributed by atoms with Gasteiger partial charge in [0.2, 0.25) is 10.0 Å². The topological polar surface area (TPSA) is 104 Å². The zero-order chi connectivity index (χ0) is 21.6. The van der Waals surface area contributed by atoms with Gasteiger partial charge in [-0.25, -0.2) is 27.8 Å². The number of halogens is 2. The summed E-state index contributed by atoms with van der Waals surface area (Å²) in [5.74, 6) is -0.205. The zero-order valence-electron chi connectivity index (χ0n) is 16.7. The van der Waals surface area contributed by atoms with Gasteiger partial charge in [-0.05, 0) is 25.3 Å². The highest BCUT2D eigenvalue weighted by Crippen LogP contribution is 2.31. The quantitative estimate of drug-likeness (QED) is 0.598. The van der Waals surface area contributed by atoms with Crippen LogP contribution >= 0.6 is 11.6 Å². The Hall–Kier alpha value is -2.30. The van der Waals surface area contributed by atoms with Crippen molar-refractivity contribution in [3.63, 3.8) is 0 Å². The minimum atomic E-state index is -3.30. The number of anilines is 1. The molecule has 1 atom stereocenters. The second-order valence-electron chi connectivity index (χ2n) is 8.08. The average molecular weight is 465 g/mol. The van der Waals surface area contributed by atoms with Gasteiger partial charge in [0.15, 0.2) is 17.5 Å². The molecule has 0 unspecified atom stereocenters. The van der Waals surface area contributed by atoms with Crippen LogP contribution in [0.4, 0.5) is 10.2 Å². The second kappa shape index (κ2) is 7.99. The smallest absolute Gasteiger partial charge is 0.217 e. The molecule has 2 fully saturated rings. The van der Waals surface area contributed by atoms with Gasteiger partial charge in [0.25, 0.3) is 0 Å². The van der Waals surface area contributed by atoms with Crippen LogP contribution in [0.1, 0.15) is 32.1 Å². The molecule has 8 nitrogen and oxygen atoms in total. The normalized spacial score (nSPS) is 20.6. The van der Waals surface area contributed by atoms with Gasteiger partial charge in [-0.15, -0.1) is 0 Å². The standard InChI is InChI=1S/C20H22ClFN6O2S/c21-12-7-15-16(9-24-18(15)23-8-12)19-25-10-17(22)20(27-19)26-13-5-6-28(11-13)31(29,30)14-3-1-2-4-14/h7-10,13-14H,1-6,11H2,(H,23,24)(H,25,26,27)/t13-/m0/s1. The summed E-state index contributed by atoms with van der Waals surface area (Å²) in [4.78, 5) is 15.7. The number of nitrogens with zero attached hydrogens (tertiary/aromatic N) is 4. The molecule has 0 radical (unpaired) electrons. The van der Waals surface area contributed by atoms with Gasteiger partial charge in [-0.1, -0.05) is 24.4 Å². The predicted molar refractivity (Wildman–Crippen MR) is 117 cm³/mol. The first-order valence-electron chi connectivity index (χ1n) is 10.3. The lowest BCUT2D eigenvalue weighted by Gasteiger charge is -2.21. The number of hydrogen-bond donors (Lipinski definition) is 2. The molecule has 3 aromatic rings. The van der Waals surface area contributed by atoms with E-state index in [-0.39, 0.29) is 17.1 Å². The van der Waals surface area contributed by atoms with Crippen LogP contribution in [-0.4, -0.2) is 57.0 Å². The molecule has 0 spiro atoms. The summed E-state index contributed by atoms with van der Waals surface area (Å²) in [5.41, 5.74) is 1.29. The third-order valence-electron chi connectivity index (χ3n) is 6.06. The van der Waals surface area contributed by atoms with Crippen molar-refractivity contribution in [3.05, 3.63) is 35.5 Å². The number of nitrogens with one attached hydrogen (secondary N) is 2. The van der Waals surface area contributed by atoms with Crippen LogP contribution in [0.15, 0.2) is 24.7 Å². The maximum atomic E-state index is 14.5. The SMILES string of the molecule is O=S(=O)(C1CCCC1)N1CC[C@H](Nc2nc(-c3c[nH]c4ncc(Cl)cc34)ncc2F)C1. The van der Waals surface area contributed by atoms with Crippen LogP contribution in [0, 0.1) is 5.82 Å². The van der Waals surface area contributed by atoms with E-state index < -0.39 is 15.8 Å². The fourth-order valence-electron chi connectivity index (χ4n) is 4.43. The maximum Gasteiger partial charge on any atom is 0.217 e. The third-order valence-corrected chi connectivity index (χ3v) is 8.63. The third kappa shape index (κ3) is 3.88. The second-order valence-corrected chi connectivity index (χ2v) is 10.7. The first kappa shape index (κ1) is 20.6. The number of fused-ring (bicyclic) bond motifs is 1. The van der Waals surface area contributed by atoms with Gasteiger partial charge in [-0.3, -0.25) is 0 Å². The van der Waals surface area contributed by atoms with Crippen LogP contribution < -0.4 is 5.32 Å². The number of aromatic amines is 1. The number of rotatable bonds is 5. The Morgan fingerprint density at radius 3 is 2.81 bits per heavy atom. The Kier molecular flexibility index (Phi) is 5.31. The Bertz CT molecular complexity index is 1230. The van der Waals surface area contributed by atoms with Crippen molar-refractivity contribution in [2.24, 2.45) is 0 Å². The molecule has 1 aliphatic carbocycles. The average Bonchev–Trinajstić information content (AvgIpc) is 3.50. The lowest BCUT2D eigenvalue weighted by Crippen LogP contribution is -2.37. The van der Waals surface area contributed by atoms with E-state index in [4.69, 9.17) is 11.6 Å². The Morgan fingerprint density at radius 1 is 1.19 bits per heavy atom. The van der Waals surface area contributed by atoms with E-state index in [0.29, 0.717) is 41.6 Å². The summed E-state index contributed by atoms with van der Waals surface area (Å²) in [7, 11) is -3.30. The van der Waals surface area contributed by atoms with Crippen LogP contribution in [0.2, 0.25) is 5.02 Å². The highest BCUT2D eigenvalue weighted by atomic mass is 35.5. The van der Waals surface area contributed by atoms with Crippen molar-refractivity contribution in [1.29, 1.82) is 0 Å². The number of sulfonamides is 1. The molecule has 1 saturated heterocycles.